The fourth-order valence-electron chi connectivity index (χ4n) is 1.73. The van der Waals surface area contributed by atoms with E-state index in [0.29, 0.717) is 4.90 Å². The molecule has 0 aromatic heterocycles. The number of morpholine rings is 1. The van der Waals surface area contributed by atoms with Gasteiger partial charge in [-0.15, -0.1) is 0 Å². The minimum atomic E-state index is -1.88. The Hall–Kier alpha value is -0.750. The van der Waals surface area contributed by atoms with E-state index in [4.69, 9.17) is 9.29 Å². The second kappa shape index (κ2) is 5.54. The summed E-state index contributed by atoms with van der Waals surface area (Å²) in [6.07, 6.45) is 0. The first kappa shape index (κ1) is 11.7. The molecule has 1 fully saturated rings. The van der Waals surface area contributed by atoms with E-state index in [9.17, 15) is 4.21 Å². The molecule has 0 radical (unpaired) electrons. The Morgan fingerprint density at radius 3 is 2.44 bits per heavy atom. The second-order valence-corrected chi connectivity index (χ2v) is 4.75. The third-order valence-electron chi connectivity index (χ3n) is 2.63. The molecule has 0 saturated carbocycles. The number of nitrogens with zero attached hydrogens (tertiary/aromatic N) is 1. The van der Waals surface area contributed by atoms with Crippen LogP contribution in [0.2, 0.25) is 0 Å². The molecule has 16 heavy (non-hydrogen) atoms. The van der Waals surface area contributed by atoms with E-state index in [1.54, 1.807) is 12.1 Å². The fourth-order valence-corrected chi connectivity index (χ4v) is 2.10. The van der Waals surface area contributed by atoms with Gasteiger partial charge in [0.2, 0.25) is 0 Å². The van der Waals surface area contributed by atoms with E-state index in [-0.39, 0.29) is 0 Å². The molecule has 0 spiro atoms. The largest absolute Gasteiger partial charge is 0.379 e. The number of rotatable bonds is 3. The fraction of sp³-hybridized carbons (Fsp3) is 0.455. The predicted octanol–water partition coefficient (Wildman–Crippen LogP) is 1.10. The van der Waals surface area contributed by atoms with Gasteiger partial charge < -0.3 is 9.29 Å². The van der Waals surface area contributed by atoms with Crippen LogP contribution in [-0.2, 0) is 22.4 Å². The summed E-state index contributed by atoms with van der Waals surface area (Å²) in [5.74, 6) is 0. The van der Waals surface area contributed by atoms with Crippen LogP contribution in [0.4, 0.5) is 0 Å². The lowest BCUT2D eigenvalue weighted by Gasteiger charge is -2.26. The van der Waals surface area contributed by atoms with Crippen LogP contribution < -0.4 is 0 Å². The molecule has 1 heterocycles. The summed E-state index contributed by atoms with van der Waals surface area (Å²) in [5, 5.41) is 0. The molecular formula is C11H15NO3S. The van der Waals surface area contributed by atoms with Crippen molar-refractivity contribution < 1.29 is 13.5 Å². The lowest BCUT2D eigenvalue weighted by Crippen LogP contribution is -2.35. The summed E-state index contributed by atoms with van der Waals surface area (Å²) < 4.78 is 24.9. The third kappa shape index (κ3) is 3.12. The van der Waals surface area contributed by atoms with Crippen LogP contribution in [0.25, 0.3) is 0 Å². The highest BCUT2D eigenvalue weighted by molar-refractivity contribution is 7.79. The average molecular weight is 241 g/mol. The van der Waals surface area contributed by atoms with E-state index in [0.717, 1.165) is 38.4 Å². The third-order valence-corrected chi connectivity index (χ3v) is 3.31. The number of hydrogen-bond donors (Lipinski definition) is 1. The van der Waals surface area contributed by atoms with Crippen molar-refractivity contribution >= 4 is 11.1 Å². The predicted molar refractivity (Wildman–Crippen MR) is 61.6 cm³/mol. The molecular weight excluding hydrogens is 226 g/mol. The Morgan fingerprint density at radius 1 is 1.25 bits per heavy atom. The molecule has 1 aromatic carbocycles. The summed E-state index contributed by atoms with van der Waals surface area (Å²) >= 11 is -1.88. The van der Waals surface area contributed by atoms with Gasteiger partial charge in [-0.1, -0.05) is 12.1 Å². The summed E-state index contributed by atoms with van der Waals surface area (Å²) in [5.41, 5.74) is 1.16. The van der Waals surface area contributed by atoms with E-state index < -0.39 is 11.1 Å². The molecule has 0 aliphatic carbocycles. The van der Waals surface area contributed by atoms with Crippen molar-refractivity contribution in [3.05, 3.63) is 29.8 Å². The molecule has 1 saturated heterocycles. The molecule has 1 unspecified atom stereocenters. The van der Waals surface area contributed by atoms with Crippen LogP contribution in [0.3, 0.4) is 0 Å². The molecule has 1 N–H and O–H groups in total. The van der Waals surface area contributed by atoms with Crippen LogP contribution >= 0.6 is 0 Å². The minimum Gasteiger partial charge on any atom is -0.379 e. The van der Waals surface area contributed by atoms with E-state index in [1.807, 2.05) is 12.1 Å². The summed E-state index contributed by atoms with van der Waals surface area (Å²) in [4.78, 5) is 2.76. The van der Waals surface area contributed by atoms with Gasteiger partial charge in [0.1, 0.15) is 0 Å². The van der Waals surface area contributed by atoms with Crippen molar-refractivity contribution in [2.45, 2.75) is 11.4 Å². The van der Waals surface area contributed by atoms with Gasteiger partial charge in [0.15, 0.2) is 11.1 Å². The van der Waals surface area contributed by atoms with E-state index in [1.165, 1.54) is 0 Å². The topological polar surface area (TPSA) is 49.8 Å². The summed E-state index contributed by atoms with van der Waals surface area (Å²) in [6.45, 7) is 4.36. The Bertz CT molecular complexity index is 360. The molecule has 88 valence electrons. The molecule has 0 bridgehead atoms. The van der Waals surface area contributed by atoms with Gasteiger partial charge in [-0.3, -0.25) is 4.90 Å². The van der Waals surface area contributed by atoms with Crippen molar-refractivity contribution in [3.8, 4) is 0 Å². The number of benzene rings is 1. The minimum absolute atomic E-state index is 0.450. The van der Waals surface area contributed by atoms with Crippen molar-refractivity contribution in [1.29, 1.82) is 0 Å². The Labute approximate surface area is 97.5 Å². The maximum Gasteiger partial charge on any atom is 0.186 e. The van der Waals surface area contributed by atoms with Crippen molar-refractivity contribution in [2.24, 2.45) is 0 Å². The lowest BCUT2D eigenvalue weighted by molar-refractivity contribution is 0.0342. The Balaban J connectivity index is 1.96. The summed E-state index contributed by atoms with van der Waals surface area (Å²) in [6, 6.07) is 7.20. The normalized spacial score (nSPS) is 19.6. The molecule has 4 nitrogen and oxygen atoms in total. The van der Waals surface area contributed by atoms with E-state index in [2.05, 4.69) is 4.90 Å². The number of ether oxygens (including phenoxy) is 1. The monoisotopic (exact) mass is 241 g/mol. The van der Waals surface area contributed by atoms with Gasteiger partial charge >= 0.3 is 0 Å². The highest BCUT2D eigenvalue weighted by Gasteiger charge is 2.10. The second-order valence-electron chi connectivity index (χ2n) is 3.78. The van der Waals surface area contributed by atoms with Crippen LogP contribution in [0.1, 0.15) is 5.56 Å². The van der Waals surface area contributed by atoms with Gasteiger partial charge in [0.25, 0.3) is 0 Å². The van der Waals surface area contributed by atoms with Crippen molar-refractivity contribution in [2.75, 3.05) is 26.3 Å². The van der Waals surface area contributed by atoms with Gasteiger partial charge in [-0.2, -0.15) is 0 Å². The zero-order valence-corrected chi connectivity index (χ0v) is 9.78. The molecule has 1 aliphatic heterocycles. The van der Waals surface area contributed by atoms with Crippen molar-refractivity contribution in [1.82, 2.24) is 4.90 Å². The zero-order valence-electron chi connectivity index (χ0n) is 8.96. The highest BCUT2D eigenvalue weighted by Crippen LogP contribution is 2.10. The molecule has 1 atom stereocenters. The molecule has 1 aromatic rings. The SMILES string of the molecule is O=S(O)c1ccc(CN2CCOCC2)cc1. The van der Waals surface area contributed by atoms with Gasteiger partial charge in [-0.25, -0.2) is 4.21 Å². The maximum atomic E-state index is 10.8. The van der Waals surface area contributed by atoms with E-state index >= 15 is 0 Å². The average Bonchev–Trinajstić information content (AvgIpc) is 2.31. The van der Waals surface area contributed by atoms with Crippen LogP contribution in [0, 0.1) is 0 Å². The summed E-state index contributed by atoms with van der Waals surface area (Å²) in [7, 11) is 0. The Morgan fingerprint density at radius 2 is 1.88 bits per heavy atom. The highest BCUT2D eigenvalue weighted by atomic mass is 32.2. The zero-order chi connectivity index (χ0) is 11.4. The Kier molecular flexibility index (Phi) is 4.06. The first-order valence-electron chi connectivity index (χ1n) is 5.25. The first-order valence-corrected chi connectivity index (χ1v) is 6.36. The van der Waals surface area contributed by atoms with Gasteiger partial charge in [0.05, 0.1) is 18.1 Å². The molecule has 1 aliphatic rings. The lowest BCUT2D eigenvalue weighted by atomic mass is 10.2. The van der Waals surface area contributed by atoms with Gasteiger partial charge in [-0.05, 0) is 17.7 Å². The van der Waals surface area contributed by atoms with Gasteiger partial charge in [0, 0.05) is 19.6 Å². The molecule has 2 rings (SSSR count). The smallest absolute Gasteiger partial charge is 0.186 e. The number of hydrogen-bond acceptors (Lipinski definition) is 3. The van der Waals surface area contributed by atoms with Crippen LogP contribution in [0.15, 0.2) is 29.2 Å². The van der Waals surface area contributed by atoms with Crippen LogP contribution in [0.5, 0.6) is 0 Å². The van der Waals surface area contributed by atoms with Crippen LogP contribution in [-0.4, -0.2) is 40.0 Å². The molecule has 0 amide bonds. The maximum absolute atomic E-state index is 10.8. The first-order chi connectivity index (χ1) is 7.75. The van der Waals surface area contributed by atoms with Crippen molar-refractivity contribution in [3.63, 3.8) is 0 Å². The molecule has 5 heteroatoms. The standard InChI is InChI=1S/C11H15NO3S/c13-16(14)11-3-1-10(2-4-11)9-12-5-7-15-8-6-12/h1-4H,5-9H2,(H,13,14). The quantitative estimate of drug-likeness (QED) is 0.805.